The van der Waals surface area contributed by atoms with Gasteiger partial charge in [0.25, 0.3) is 0 Å². The molecule has 4 heteroatoms. The second-order valence-corrected chi connectivity index (χ2v) is 5.05. The van der Waals surface area contributed by atoms with Crippen LogP contribution in [0.15, 0.2) is 54.6 Å². The SMILES string of the molecule is Cl.NC(c1ccccc1)c1ccccc1N1CCOCC1. The van der Waals surface area contributed by atoms with E-state index in [1.165, 1.54) is 11.3 Å². The summed E-state index contributed by atoms with van der Waals surface area (Å²) < 4.78 is 5.43. The largest absolute Gasteiger partial charge is 0.378 e. The van der Waals surface area contributed by atoms with E-state index in [9.17, 15) is 0 Å². The molecular weight excluding hydrogens is 284 g/mol. The van der Waals surface area contributed by atoms with Gasteiger partial charge in [0.1, 0.15) is 0 Å². The summed E-state index contributed by atoms with van der Waals surface area (Å²) in [5, 5.41) is 0. The van der Waals surface area contributed by atoms with Crippen molar-refractivity contribution in [2.75, 3.05) is 31.2 Å². The molecule has 1 saturated heterocycles. The van der Waals surface area contributed by atoms with Crippen molar-refractivity contribution in [1.82, 2.24) is 0 Å². The van der Waals surface area contributed by atoms with Gasteiger partial charge in [0, 0.05) is 18.8 Å². The maximum absolute atomic E-state index is 6.47. The molecule has 21 heavy (non-hydrogen) atoms. The molecule has 2 N–H and O–H groups in total. The van der Waals surface area contributed by atoms with Crippen LogP contribution in [0.25, 0.3) is 0 Å². The van der Waals surface area contributed by atoms with Crippen molar-refractivity contribution in [3.8, 4) is 0 Å². The van der Waals surface area contributed by atoms with E-state index in [2.05, 4.69) is 41.3 Å². The summed E-state index contributed by atoms with van der Waals surface area (Å²) in [7, 11) is 0. The number of para-hydroxylation sites is 1. The second kappa shape index (κ2) is 7.46. The fourth-order valence-electron chi connectivity index (χ4n) is 2.68. The number of rotatable bonds is 3. The molecule has 2 aromatic rings. The quantitative estimate of drug-likeness (QED) is 0.947. The van der Waals surface area contributed by atoms with Gasteiger partial charge >= 0.3 is 0 Å². The minimum Gasteiger partial charge on any atom is -0.378 e. The van der Waals surface area contributed by atoms with Gasteiger partial charge in [-0.05, 0) is 17.2 Å². The third-order valence-electron chi connectivity index (χ3n) is 3.78. The fraction of sp³-hybridized carbons (Fsp3) is 0.294. The van der Waals surface area contributed by atoms with Gasteiger partial charge in [0.05, 0.1) is 19.3 Å². The molecule has 1 fully saturated rings. The number of nitrogens with two attached hydrogens (primary N) is 1. The van der Waals surface area contributed by atoms with Gasteiger partial charge in [-0.2, -0.15) is 0 Å². The molecule has 1 unspecified atom stereocenters. The molecule has 1 aliphatic heterocycles. The van der Waals surface area contributed by atoms with E-state index >= 15 is 0 Å². The Bertz CT molecular complexity index is 556. The zero-order valence-electron chi connectivity index (χ0n) is 11.9. The first-order valence-corrected chi connectivity index (χ1v) is 7.08. The highest BCUT2D eigenvalue weighted by Crippen LogP contribution is 2.29. The monoisotopic (exact) mass is 304 g/mol. The lowest BCUT2D eigenvalue weighted by molar-refractivity contribution is 0.122. The summed E-state index contributed by atoms with van der Waals surface area (Å²) in [6, 6.07) is 18.6. The second-order valence-electron chi connectivity index (χ2n) is 5.05. The molecule has 0 saturated carbocycles. The van der Waals surface area contributed by atoms with Gasteiger partial charge in [-0.15, -0.1) is 12.4 Å². The fourth-order valence-corrected chi connectivity index (χ4v) is 2.68. The summed E-state index contributed by atoms with van der Waals surface area (Å²) in [5.41, 5.74) is 10.0. The van der Waals surface area contributed by atoms with Crippen LogP contribution in [0.5, 0.6) is 0 Å². The van der Waals surface area contributed by atoms with E-state index in [4.69, 9.17) is 10.5 Å². The Morgan fingerprint density at radius 1 is 0.905 bits per heavy atom. The molecule has 0 aliphatic carbocycles. The summed E-state index contributed by atoms with van der Waals surface area (Å²) in [5.74, 6) is 0. The van der Waals surface area contributed by atoms with Gasteiger partial charge in [-0.1, -0.05) is 48.5 Å². The van der Waals surface area contributed by atoms with Crippen molar-refractivity contribution in [2.24, 2.45) is 5.73 Å². The van der Waals surface area contributed by atoms with Crippen molar-refractivity contribution >= 4 is 18.1 Å². The normalized spacial score (nSPS) is 16.1. The molecule has 3 nitrogen and oxygen atoms in total. The lowest BCUT2D eigenvalue weighted by Crippen LogP contribution is -2.37. The summed E-state index contributed by atoms with van der Waals surface area (Å²) in [6.07, 6.45) is 0. The number of anilines is 1. The molecule has 112 valence electrons. The van der Waals surface area contributed by atoms with E-state index in [0.29, 0.717) is 0 Å². The highest BCUT2D eigenvalue weighted by molar-refractivity contribution is 5.85. The Morgan fingerprint density at radius 2 is 1.52 bits per heavy atom. The molecule has 0 radical (unpaired) electrons. The third-order valence-corrected chi connectivity index (χ3v) is 3.78. The van der Waals surface area contributed by atoms with Crippen LogP contribution in [-0.4, -0.2) is 26.3 Å². The molecule has 0 spiro atoms. The molecule has 1 heterocycles. The van der Waals surface area contributed by atoms with E-state index < -0.39 is 0 Å². The molecule has 0 bridgehead atoms. The summed E-state index contributed by atoms with van der Waals surface area (Å²) in [6.45, 7) is 3.43. The first-order chi connectivity index (χ1) is 9.86. The van der Waals surface area contributed by atoms with Crippen molar-refractivity contribution in [1.29, 1.82) is 0 Å². The van der Waals surface area contributed by atoms with Crippen molar-refractivity contribution in [3.05, 3.63) is 65.7 Å². The Labute approximate surface area is 132 Å². The molecule has 2 aromatic carbocycles. The Morgan fingerprint density at radius 3 is 2.24 bits per heavy atom. The van der Waals surface area contributed by atoms with Gasteiger partial charge in [-0.3, -0.25) is 0 Å². The first kappa shape index (κ1) is 15.8. The lowest BCUT2D eigenvalue weighted by Gasteiger charge is -2.31. The summed E-state index contributed by atoms with van der Waals surface area (Å²) >= 11 is 0. The molecule has 0 aromatic heterocycles. The van der Waals surface area contributed by atoms with Crippen LogP contribution in [0.3, 0.4) is 0 Å². The standard InChI is InChI=1S/C17H20N2O.ClH/c18-17(14-6-2-1-3-7-14)15-8-4-5-9-16(15)19-10-12-20-13-11-19;/h1-9,17H,10-13,18H2;1H. The Hall–Kier alpha value is -1.55. The predicted octanol–water partition coefficient (Wildman–Crippen LogP) is 2.99. The highest BCUT2D eigenvalue weighted by atomic mass is 35.5. The molecule has 1 atom stereocenters. The number of halogens is 1. The smallest absolute Gasteiger partial charge is 0.0642 e. The number of nitrogens with zero attached hydrogens (tertiary/aromatic N) is 1. The minimum atomic E-state index is -0.0877. The van der Waals surface area contributed by atoms with Gasteiger partial charge in [0.15, 0.2) is 0 Å². The van der Waals surface area contributed by atoms with E-state index in [1.54, 1.807) is 0 Å². The van der Waals surface area contributed by atoms with Crippen LogP contribution in [0, 0.1) is 0 Å². The van der Waals surface area contributed by atoms with Gasteiger partial charge in [0.2, 0.25) is 0 Å². The van der Waals surface area contributed by atoms with E-state index in [1.807, 2.05) is 18.2 Å². The van der Waals surface area contributed by atoms with E-state index in [0.717, 1.165) is 31.9 Å². The molecule has 3 rings (SSSR count). The topological polar surface area (TPSA) is 38.5 Å². The zero-order valence-corrected chi connectivity index (χ0v) is 12.8. The van der Waals surface area contributed by atoms with Crippen molar-refractivity contribution < 1.29 is 4.74 Å². The minimum absolute atomic E-state index is 0. The highest BCUT2D eigenvalue weighted by Gasteiger charge is 2.18. The van der Waals surface area contributed by atoms with Crippen molar-refractivity contribution in [3.63, 3.8) is 0 Å². The van der Waals surface area contributed by atoms with Crippen LogP contribution in [0.1, 0.15) is 17.2 Å². The average Bonchev–Trinajstić information content (AvgIpc) is 2.56. The average molecular weight is 305 g/mol. The van der Waals surface area contributed by atoms with Gasteiger partial charge < -0.3 is 15.4 Å². The van der Waals surface area contributed by atoms with Crippen LogP contribution in [-0.2, 0) is 4.74 Å². The van der Waals surface area contributed by atoms with Crippen LogP contribution < -0.4 is 10.6 Å². The molecule has 1 aliphatic rings. The first-order valence-electron chi connectivity index (χ1n) is 7.08. The lowest BCUT2D eigenvalue weighted by atomic mass is 9.97. The zero-order chi connectivity index (χ0) is 13.8. The number of benzene rings is 2. The molecule has 0 amide bonds. The van der Waals surface area contributed by atoms with Gasteiger partial charge in [-0.25, -0.2) is 0 Å². The van der Waals surface area contributed by atoms with Crippen LogP contribution in [0.2, 0.25) is 0 Å². The predicted molar refractivity (Wildman–Crippen MR) is 89.2 cm³/mol. The maximum atomic E-state index is 6.47. The Kier molecular flexibility index (Phi) is 5.62. The molecular formula is C17H21ClN2O. The number of ether oxygens (including phenoxy) is 1. The third kappa shape index (κ3) is 3.56. The Balaban J connectivity index is 0.00000161. The maximum Gasteiger partial charge on any atom is 0.0642 e. The van der Waals surface area contributed by atoms with Crippen molar-refractivity contribution in [2.45, 2.75) is 6.04 Å². The van der Waals surface area contributed by atoms with Crippen LogP contribution >= 0.6 is 12.4 Å². The number of hydrogen-bond donors (Lipinski definition) is 1. The number of hydrogen-bond acceptors (Lipinski definition) is 3. The van der Waals surface area contributed by atoms with Crippen LogP contribution in [0.4, 0.5) is 5.69 Å². The number of morpholine rings is 1. The van der Waals surface area contributed by atoms with E-state index in [-0.39, 0.29) is 18.4 Å². The summed E-state index contributed by atoms with van der Waals surface area (Å²) in [4.78, 5) is 2.36.